The molecule has 1 radical (unpaired) electrons. The minimum absolute atomic E-state index is 0.141. The molecular formula is C26H45N2O3S. The molecule has 1 aromatic rings. The van der Waals surface area contributed by atoms with E-state index in [-0.39, 0.29) is 10.8 Å². The summed E-state index contributed by atoms with van der Waals surface area (Å²) in [4.78, 5) is 0.310. The highest BCUT2D eigenvalue weighted by molar-refractivity contribution is 7.89. The molecular weight excluding hydrogens is 420 g/mol. The zero-order valence-electron chi connectivity index (χ0n) is 21.2. The van der Waals surface area contributed by atoms with Gasteiger partial charge >= 0.3 is 0 Å². The zero-order chi connectivity index (χ0) is 23.8. The lowest BCUT2D eigenvalue weighted by atomic mass is 9.72. The van der Waals surface area contributed by atoms with Gasteiger partial charge in [-0.2, -0.15) is 4.31 Å². The Labute approximate surface area is 197 Å². The molecule has 0 saturated carbocycles. The van der Waals surface area contributed by atoms with E-state index in [4.69, 9.17) is 4.74 Å². The van der Waals surface area contributed by atoms with Crippen LogP contribution in [-0.4, -0.2) is 45.5 Å². The van der Waals surface area contributed by atoms with Gasteiger partial charge in [-0.25, -0.2) is 13.7 Å². The minimum atomic E-state index is -3.63. The maximum absolute atomic E-state index is 13.6. The molecule has 1 saturated heterocycles. The fraction of sp³-hybridized carbons (Fsp3) is 0.769. The molecule has 6 heteroatoms. The zero-order valence-corrected chi connectivity index (χ0v) is 22.1. The summed E-state index contributed by atoms with van der Waals surface area (Å²) in [6.45, 7) is 15.8. The van der Waals surface area contributed by atoms with Crippen LogP contribution in [0.4, 0.5) is 0 Å². The summed E-state index contributed by atoms with van der Waals surface area (Å²) < 4.78 is 34.8. The van der Waals surface area contributed by atoms with Gasteiger partial charge in [-0.3, -0.25) is 0 Å². The summed E-state index contributed by atoms with van der Waals surface area (Å²) in [5, 5.41) is 4.31. The Bertz CT molecular complexity index is 807. The van der Waals surface area contributed by atoms with Gasteiger partial charge < -0.3 is 4.74 Å². The number of rotatable bonds is 12. The van der Waals surface area contributed by atoms with Crippen LogP contribution < -0.4 is 10.1 Å². The Morgan fingerprint density at radius 2 is 1.59 bits per heavy atom. The van der Waals surface area contributed by atoms with E-state index in [0.717, 1.165) is 24.8 Å². The van der Waals surface area contributed by atoms with E-state index in [0.29, 0.717) is 43.4 Å². The average molecular weight is 466 g/mol. The molecule has 2 rings (SSSR count). The first kappa shape index (κ1) is 27.1. The van der Waals surface area contributed by atoms with E-state index in [1.54, 1.807) is 4.31 Å². The molecule has 183 valence electrons. The van der Waals surface area contributed by atoms with Gasteiger partial charge in [-0.1, -0.05) is 79.7 Å². The first-order valence-corrected chi connectivity index (χ1v) is 13.8. The van der Waals surface area contributed by atoms with Crippen molar-refractivity contribution in [3.05, 3.63) is 23.8 Å². The molecule has 0 atom stereocenters. The maximum Gasteiger partial charge on any atom is 0.246 e. The van der Waals surface area contributed by atoms with Crippen LogP contribution in [0, 0.1) is 5.41 Å². The van der Waals surface area contributed by atoms with Crippen molar-refractivity contribution in [2.75, 3.05) is 32.8 Å². The van der Waals surface area contributed by atoms with Gasteiger partial charge in [0.15, 0.2) is 0 Å². The van der Waals surface area contributed by atoms with Crippen molar-refractivity contribution in [2.24, 2.45) is 5.41 Å². The number of sulfonamides is 1. The first-order valence-electron chi connectivity index (χ1n) is 12.4. The normalized spacial score (nSPS) is 16.3. The van der Waals surface area contributed by atoms with E-state index in [9.17, 15) is 8.42 Å². The lowest BCUT2D eigenvalue weighted by molar-refractivity contribution is 0.281. The molecule has 0 aromatic heterocycles. The molecule has 5 nitrogen and oxygen atoms in total. The Morgan fingerprint density at radius 3 is 2.22 bits per heavy atom. The van der Waals surface area contributed by atoms with E-state index < -0.39 is 10.0 Å². The van der Waals surface area contributed by atoms with Crippen LogP contribution in [0.25, 0.3) is 0 Å². The van der Waals surface area contributed by atoms with Gasteiger partial charge in [0.1, 0.15) is 10.6 Å². The van der Waals surface area contributed by atoms with Crippen molar-refractivity contribution in [1.82, 2.24) is 9.62 Å². The molecule has 0 spiro atoms. The van der Waals surface area contributed by atoms with Crippen LogP contribution in [0.2, 0.25) is 0 Å². The second-order valence-electron chi connectivity index (χ2n) is 11.0. The fourth-order valence-corrected chi connectivity index (χ4v) is 6.29. The number of nitrogens with zero attached hydrogens (tertiary/aromatic N) is 2. The van der Waals surface area contributed by atoms with Crippen LogP contribution in [0.5, 0.6) is 5.75 Å². The Morgan fingerprint density at radius 1 is 0.969 bits per heavy atom. The number of hydrogen-bond donors (Lipinski definition) is 0. The van der Waals surface area contributed by atoms with Crippen LogP contribution in [0.3, 0.4) is 0 Å². The van der Waals surface area contributed by atoms with Gasteiger partial charge in [0.2, 0.25) is 10.0 Å². The summed E-state index contributed by atoms with van der Waals surface area (Å²) in [5.41, 5.74) is 1.04. The lowest BCUT2D eigenvalue weighted by Crippen LogP contribution is -2.43. The van der Waals surface area contributed by atoms with Gasteiger partial charge in [0.25, 0.3) is 0 Å². The number of unbranched alkanes of at least 4 members (excludes halogenated alkanes) is 5. The third kappa shape index (κ3) is 8.03. The Hall–Kier alpha value is -1.11. The summed E-state index contributed by atoms with van der Waals surface area (Å²) in [7, 11) is -3.63. The number of piperazine rings is 1. The first-order chi connectivity index (χ1) is 15.0. The molecule has 1 fully saturated rings. The molecule has 1 aliphatic heterocycles. The van der Waals surface area contributed by atoms with E-state index in [1.807, 2.05) is 18.2 Å². The number of ether oxygens (including phenoxy) is 1. The molecule has 1 aromatic carbocycles. The van der Waals surface area contributed by atoms with Crippen molar-refractivity contribution in [3.63, 3.8) is 0 Å². The third-order valence-electron chi connectivity index (χ3n) is 6.09. The molecule has 0 amide bonds. The molecule has 32 heavy (non-hydrogen) atoms. The summed E-state index contributed by atoms with van der Waals surface area (Å²) in [6.07, 6.45) is 8.00. The molecule has 1 aliphatic rings. The minimum Gasteiger partial charge on any atom is -0.492 e. The van der Waals surface area contributed by atoms with E-state index in [2.05, 4.69) is 46.9 Å². The van der Waals surface area contributed by atoms with E-state index in [1.165, 1.54) is 25.7 Å². The highest BCUT2D eigenvalue weighted by atomic mass is 32.2. The summed E-state index contributed by atoms with van der Waals surface area (Å²) >= 11 is 0. The fourth-order valence-electron chi connectivity index (χ4n) is 4.71. The SMILES string of the molecule is CCCCCCCCOc1ccc(C(C)(C)CC(C)(C)C)cc1S(=O)(=O)N1CC[N]CC1. The second-order valence-corrected chi connectivity index (χ2v) is 12.9. The molecule has 0 N–H and O–H groups in total. The van der Waals surface area contributed by atoms with Crippen LogP contribution in [0.1, 0.15) is 92.1 Å². The molecule has 0 unspecified atom stereocenters. The molecule has 0 bridgehead atoms. The highest BCUT2D eigenvalue weighted by Gasteiger charge is 2.33. The van der Waals surface area contributed by atoms with Crippen LogP contribution in [-0.2, 0) is 15.4 Å². The predicted molar refractivity (Wildman–Crippen MR) is 133 cm³/mol. The summed E-state index contributed by atoms with van der Waals surface area (Å²) in [5.74, 6) is 0.483. The Kier molecular flexibility index (Phi) is 10.0. The van der Waals surface area contributed by atoms with E-state index >= 15 is 0 Å². The number of hydrogen-bond acceptors (Lipinski definition) is 3. The van der Waals surface area contributed by atoms with Crippen molar-refractivity contribution < 1.29 is 13.2 Å². The van der Waals surface area contributed by atoms with Crippen molar-refractivity contribution >= 4 is 10.0 Å². The largest absolute Gasteiger partial charge is 0.492 e. The van der Waals surface area contributed by atoms with Gasteiger partial charge in [0, 0.05) is 26.2 Å². The summed E-state index contributed by atoms with van der Waals surface area (Å²) in [6, 6.07) is 5.79. The van der Waals surface area contributed by atoms with Crippen LogP contribution >= 0.6 is 0 Å². The second kappa shape index (κ2) is 11.8. The number of benzene rings is 1. The maximum atomic E-state index is 13.6. The van der Waals surface area contributed by atoms with Gasteiger partial charge in [-0.05, 0) is 41.4 Å². The van der Waals surface area contributed by atoms with Crippen molar-refractivity contribution in [2.45, 2.75) is 96.8 Å². The van der Waals surface area contributed by atoms with Gasteiger partial charge in [-0.15, -0.1) is 0 Å². The van der Waals surface area contributed by atoms with Gasteiger partial charge in [0.05, 0.1) is 6.61 Å². The average Bonchev–Trinajstić information content (AvgIpc) is 2.72. The van der Waals surface area contributed by atoms with Crippen molar-refractivity contribution in [3.8, 4) is 5.75 Å². The monoisotopic (exact) mass is 465 g/mol. The Balaban J connectivity index is 2.26. The molecule has 0 aliphatic carbocycles. The lowest BCUT2D eigenvalue weighted by Gasteiger charge is -2.34. The highest BCUT2D eigenvalue weighted by Crippen LogP contribution is 2.39. The molecule has 1 heterocycles. The standard InChI is InChI=1S/C26H45N2O3S/c1-7-8-9-10-11-12-19-31-23-14-13-22(26(5,6)21-25(2,3)4)20-24(23)32(29,30)28-17-15-27-16-18-28/h13-14,20H,7-12,15-19,21H2,1-6H3. The predicted octanol–water partition coefficient (Wildman–Crippen LogP) is 5.75. The smallest absolute Gasteiger partial charge is 0.246 e. The quantitative estimate of drug-likeness (QED) is 0.369. The topological polar surface area (TPSA) is 60.7 Å². The van der Waals surface area contributed by atoms with Crippen molar-refractivity contribution in [1.29, 1.82) is 0 Å². The van der Waals surface area contributed by atoms with Crippen LogP contribution in [0.15, 0.2) is 23.1 Å². The third-order valence-corrected chi connectivity index (χ3v) is 8.01.